The van der Waals surface area contributed by atoms with Gasteiger partial charge in [-0.2, -0.15) is 0 Å². The molecule has 17 heavy (non-hydrogen) atoms. The number of rotatable bonds is 3. The molecule has 0 unspecified atom stereocenters. The molecule has 0 fully saturated rings. The van der Waals surface area contributed by atoms with Gasteiger partial charge in [0.15, 0.2) is 0 Å². The highest BCUT2D eigenvalue weighted by Crippen LogP contribution is 2.17. The lowest BCUT2D eigenvalue weighted by molar-refractivity contribution is 0.392. The van der Waals surface area contributed by atoms with Crippen LogP contribution in [0.4, 0.5) is 5.69 Å². The summed E-state index contributed by atoms with van der Waals surface area (Å²) in [7, 11) is 0. The van der Waals surface area contributed by atoms with Gasteiger partial charge in [-0.25, -0.2) is 0 Å². The van der Waals surface area contributed by atoms with E-state index in [1.165, 1.54) is 11.1 Å². The van der Waals surface area contributed by atoms with Crippen LogP contribution in [-0.2, 0) is 6.54 Å². The largest absolute Gasteiger partial charge is 0.381 e. The number of nitrogens with zero attached hydrogens (tertiary/aromatic N) is 1. The van der Waals surface area contributed by atoms with E-state index in [0.29, 0.717) is 0 Å². The van der Waals surface area contributed by atoms with Crippen molar-refractivity contribution in [3.8, 4) is 0 Å². The van der Waals surface area contributed by atoms with E-state index in [0.717, 1.165) is 29.2 Å². The molecule has 0 aliphatic rings. The minimum absolute atomic E-state index is 0.754. The molecule has 0 spiro atoms. The molecule has 3 heteroatoms. The lowest BCUT2D eigenvalue weighted by atomic mass is 10.1. The Hall–Kier alpha value is -1.77. The van der Waals surface area contributed by atoms with Crippen LogP contribution in [0.25, 0.3) is 0 Å². The molecule has 0 aliphatic heterocycles. The zero-order chi connectivity index (χ0) is 12.4. The Morgan fingerprint density at radius 2 is 1.88 bits per heavy atom. The van der Waals surface area contributed by atoms with Crippen molar-refractivity contribution in [3.05, 3.63) is 46.3 Å². The molecule has 0 atom stereocenters. The first-order valence-electron chi connectivity index (χ1n) is 5.81. The third kappa shape index (κ3) is 2.49. The molecular weight excluding hydrogens is 212 g/mol. The van der Waals surface area contributed by atoms with Crippen molar-refractivity contribution >= 4 is 5.69 Å². The molecule has 2 aromatic rings. The maximum Gasteiger partial charge on any atom is 0.138 e. The fourth-order valence-electron chi connectivity index (χ4n) is 1.80. The molecule has 1 aromatic carbocycles. The first kappa shape index (κ1) is 11.7. The molecule has 1 N–H and O–H groups in total. The molecule has 0 bridgehead atoms. The summed E-state index contributed by atoms with van der Waals surface area (Å²) < 4.78 is 5.14. The zero-order valence-electron chi connectivity index (χ0n) is 10.8. The monoisotopic (exact) mass is 230 g/mol. The van der Waals surface area contributed by atoms with Gasteiger partial charge >= 0.3 is 0 Å². The average Bonchev–Trinajstić information content (AvgIpc) is 2.61. The molecule has 0 radical (unpaired) electrons. The van der Waals surface area contributed by atoms with E-state index in [1.54, 1.807) is 0 Å². The van der Waals surface area contributed by atoms with Crippen LogP contribution in [0.1, 0.15) is 28.1 Å². The van der Waals surface area contributed by atoms with E-state index in [1.807, 2.05) is 13.8 Å². The van der Waals surface area contributed by atoms with E-state index in [2.05, 4.69) is 42.5 Å². The molecule has 0 aliphatic carbocycles. The highest BCUT2D eigenvalue weighted by atomic mass is 16.5. The van der Waals surface area contributed by atoms with Crippen LogP contribution >= 0.6 is 0 Å². The first-order chi connectivity index (χ1) is 8.08. The van der Waals surface area contributed by atoms with Crippen LogP contribution in [0, 0.1) is 27.7 Å². The van der Waals surface area contributed by atoms with Crippen molar-refractivity contribution < 1.29 is 4.52 Å². The predicted octanol–water partition coefficient (Wildman–Crippen LogP) is 3.52. The molecular formula is C14H18N2O. The van der Waals surface area contributed by atoms with Crippen molar-refractivity contribution in [2.45, 2.75) is 34.2 Å². The molecule has 0 saturated heterocycles. The molecule has 0 saturated carbocycles. The Morgan fingerprint density at radius 1 is 1.12 bits per heavy atom. The van der Waals surface area contributed by atoms with Crippen LogP contribution in [-0.4, -0.2) is 5.16 Å². The van der Waals surface area contributed by atoms with E-state index in [9.17, 15) is 0 Å². The molecule has 90 valence electrons. The van der Waals surface area contributed by atoms with Crippen LogP contribution in [0.5, 0.6) is 0 Å². The van der Waals surface area contributed by atoms with Crippen LogP contribution in [0.15, 0.2) is 22.7 Å². The smallest absolute Gasteiger partial charge is 0.138 e. The normalized spacial score (nSPS) is 10.6. The second-order valence-corrected chi connectivity index (χ2v) is 4.46. The second kappa shape index (κ2) is 4.62. The third-order valence-corrected chi connectivity index (χ3v) is 3.16. The van der Waals surface area contributed by atoms with Crippen LogP contribution in [0.3, 0.4) is 0 Å². The minimum Gasteiger partial charge on any atom is -0.381 e. The van der Waals surface area contributed by atoms with Gasteiger partial charge < -0.3 is 9.84 Å². The number of hydrogen-bond acceptors (Lipinski definition) is 3. The molecule has 2 rings (SSSR count). The Morgan fingerprint density at radius 3 is 2.47 bits per heavy atom. The van der Waals surface area contributed by atoms with Crippen molar-refractivity contribution in [2.75, 3.05) is 5.32 Å². The number of anilines is 1. The Kier molecular flexibility index (Phi) is 3.18. The van der Waals surface area contributed by atoms with Crippen molar-refractivity contribution in [3.63, 3.8) is 0 Å². The van der Waals surface area contributed by atoms with Gasteiger partial charge in [0.25, 0.3) is 0 Å². The number of aromatic nitrogens is 1. The lowest BCUT2D eigenvalue weighted by Crippen LogP contribution is -2.01. The SMILES string of the molecule is Cc1ccc(NCc2c(C)noc2C)cc1C. The van der Waals surface area contributed by atoms with Gasteiger partial charge in [-0.15, -0.1) is 0 Å². The van der Waals surface area contributed by atoms with Crippen molar-refractivity contribution in [1.82, 2.24) is 5.16 Å². The summed E-state index contributed by atoms with van der Waals surface area (Å²) in [5.74, 6) is 0.888. The summed E-state index contributed by atoms with van der Waals surface area (Å²) in [4.78, 5) is 0. The highest BCUT2D eigenvalue weighted by Gasteiger charge is 2.08. The number of benzene rings is 1. The molecule has 1 aromatic heterocycles. The summed E-state index contributed by atoms with van der Waals surface area (Å²) >= 11 is 0. The van der Waals surface area contributed by atoms with E-state index >= 15 is 0 Å². The first-order valence-corrected chi connectivity index (χ1v) is 5.81. The van der Waals surface area contributed by atoms with Gasteiger partial charge in [0.05, 0.1) is 5.69 Å². The predicted molar refractivity (Wildman–Crippen MR) is 69.2 cm³/mol. The maximum atomic E-state index is 5.14. The Labute approximate surface area is 102 Å². The number of aryl methyl sites for hydroxylation is 4. The lowest BCUT2D eigenvalue weighted by Gasteiger charge is -2.08. The Bertz CT molecular complexity index is 510. The average molecular weight is 230 g/mol. The fraction of sp³-hybridized carbons (Fsp3) is 0.357. The topological polar surface area (TPSA) is 38.1 Å². The van der Waals surface area contributed by atoms with Crippen LogP contribution in [0.2, 0.25) is 0 Å². The Balaban J connectivity index is 2.10. The summed E-state index contributed by atoms with van der Waals surface area (Å²) in [6.45, 7) is 8.90. The van der Waals surface area contributed by atoms with Crippen LogP contribution < -0.4 is 5.32 Å². The molecule has 3 nitrogen and oxygen atoms in total. The van der Waals surface area contributed by atoms with E-state index < -0.39 is 0 Å². The standard InChI is InChI=1S/C14H18N2O/c1-9-5-6-13(7-10(9)2)15-8-14-11(3)16-17-12(14)4/h5-7,15H,8H2,1-4H3. The summed E-state index contributed by atoms with van der Waals surface area (Å²) in [6, 6.07) is 6.39. The van der Waals surface area contributed by atoms with Gasteiger partial charge in [0, 0.05) is 17.8 Å². The second-order valence-electron chi connectivity index (χ2n) is 4.46. The summed E-state index contributed by atoms with van der Waals surface area (Å²) in [5.41, 5.74) is 5.84. The van der Waals surface area contributed by atoms with Crippen molar-refractivity contribution in [2.24, 2.45) is 0 Å². The van der Waals surface area contributed by atoms with Gasteiger partial charge in [-0.05, 0) is 51.0 Å². The highest BCUT2D eigenvalue weighted by molar-refractivity contribution is 5.48. The third-order valence-electron chi connectivity index (χ3n) is 3.16. The maximum absolute atomic E-state index is 5.14. The molecule has 1 heterocycles. The van der Waals surface area contributed by atoms with Gasteiger partial charge in [-0.1, -0.05) is 11.2 Å². The van der Waals surface area contributed by atoms with Gasteiger partial charge in [0.1, 0.15) is 5.76 Å². The van der Waals surface area contributed by atoms with Gasteiger partial charge in [0.2, 0.25) is 0 Å². The van der Waals surface area contributed by atoms with E-state index in [4.69, 9.17) is 4.52 Å². The van der Waals surface area contributed by atoms with Crippen molar-refractivity contribution in [1.29, 1.82) is 0 Å². The number of hydrogen-bond donors (Lipinski definition) is 1. The zero-order valence-corrected chi connectivity index (χ0v) is 10.8. The number of nitrogens with one attached hydrogen (secondary N) is 1. The van der Waals surface area contributed by atoms with Gasteiger partial charge in [-0.3, -0.25) is 0 Å². The minimum atomic E-state index is 0.754. The quantitative estimate of drug-likeness (QED) is 0.876. The summed E-state index contributed by atoms with van der Waals surface area (Å²) in [6.07, 6.45) is 0. The van der Waals surface area contributed by atoms with E-state index in [-0.39, 0.29) is 0 Å². The fourth-order valence-corrected chi connectivity index (χ4v) is 1.80. The molecule has 0 amide bonds. The summed E-state index contributed by atoms with van der Waals surface area (Å²) in [5, 5.41) is 7.34.